The molecule has 0 aliphatic rings. The third-order valence-electron chi connectivity index (χ3n) is 14.2. The number of unbranched alkanes of at least 4 members (excludes halogenated alkanes) is 26. The highest BCUT2D eigenvalue weighted by Crippen LogP contribution is 2.45. The van der Waals surface area contributed by atoms with Gasteiger partial charge < -0.3 is 33.8 Å². The highest BCUT2D eigenvalue weighted by Gasteiger charge is 2.30. The second-order valence-corrected chi connectivity index (χ2v) is 26.2. The molecule has 0 radical (unpaired) electrons. The molecule has 0 spiro atoms. The van der Waals surface area contributed by atoms with E-state index in [0.29, 0.717) is 37.5 Å². The molecule has 3 N–H and O–H groups in total. The second kappa shape index (κ2) is 52.6. The number of rotatable bonds is 59. The van der Waals surface area contributed by atoms with E-state index in [4.69, 9.17) is 37.0 Å². The summed E-state index contributed by atoms with van der Waals surface area (Å²) in [6.07, 6.45) is 32.2. The summed E-state index contributed by atoms with van der Waals surface area (Å²) in [5.74, 6) is 0.0245. The molecule has 0 heterocycles. The van der Waals surface area contributed by atoms with Crippen LogP contribution in [0.15, 0.2) is 0 Å². The number of ether oxygens (including phenoxy) is 4. The molecule has 474 valence electrons. The summed E-state index contributed by atoms with van der Waals surface area (Å²) < 4.78 is 67.8. The predicted octanol–water partition coefficient (Wildman–Crippen LogP) is 16.3. The molecule has 0 aromatic rings. The van der Waals surface area contributed by atoms with Crippen molar-refractivity contribution in [2.24, 2.45) is 17.8 Å². The molecule has 0 aromatic heterocycles. The lowest BCUT2D eigenvalue weighted by Crippen LogP contribution is -2.30. The van der Waals surface area contributed by atoms with E-state index in [0.717, 1.165) is 109 Å². The van der Waals surface area contributed by atoms with Crippen LogP contribution >= 0.6 is 15.6 Å². The topological polar surface area (TPSA) is 237 Å². The molecule has 0 amide bonds. The summed E-state index contributed by atoms with van der Waals surface area (Å²) >= 11 is 0. The third kappa shape index (κ3) is 54.0. The highest BCUT2D eigenvalue weighted by atomic mass is 31.2. The number of carbonyl (C=O) groups excluding carboxylic acids is 4. The van der Waals surface area contributed by atoms with Crippen LogP contribution < -0.4 is 0 Å². The van der Waals surface area contributed by atoms with Gasteiger partial charge in [-0.15, -0.1) is 0 Å². The maximum Gasteiger partial charge on any atom is 0.472 e. The van der Waals surface area contributed by atoms with Crippen LogP contribution in [0, 0.1) is 17.8 Å². The largest absolute Gasteiger partial charge is 0.472 e. The smallest absolute Gasteiger partial charge is 0.462 e. The van der Waals surface area contributed by atoms with Crippen LogP contribution in [0.25, 0.3) is 0 Å². The van der Waals surface area contributed by atoms with Gasteiger partial charge in [0.1, 0.15) is 19.3 Å². The van der Waals surface area contributed by atoms with Crippen molar-refractivity contribution < 1.29 is 80.2 Å². The van der Waals surface area contributed by atoms with E-state index in [1.807, 2.05) is 0 Å². The van der Waals surface area contributed by atoms with Gasteiger partial charge in [0.2, 0.25) is 0 Å². The molecule has 0 saturated heterocycles. The highest BCUT2D eigenvalue weighted by molar-refractivity contribution is 7.47. The first-order valence-electron chi connectivity index (χ1n) is 31.9. The Morgan fingerprint density at radius 1 is 0.362 bits per heavy atom. The number of hydrogen-bond acceptors (Lipinski definition) is 15. The Balaban J connectivity index is 5.24. The Kier molecular flexibility index (Phi) is 51.3. The van der Waals surface area contributed by atoms with Gasteiger partial charge in [-0.25, -0.2) is 9.13 Å². The van der Waals surface area contributed by atoms with Crippen LogP contribution in [0.5, 0.6) is 0 Å². The maximum absolute atomic E-state index is 12.9. The summed E-state index contributed by atoms with van der Waals surface area (Å²) in [5, 5.41) is 10.5. The van der Waals surface area contributed by atoms with Gasteiger partial charge in [0.15, 0.2) is 12.2 Å². The molecule has 19 heteroatoms. The number of esters is 4. The first kappa shape index (κ1) is 78.1. The maximum atomic E-state index is 12.9. The van der Waals surface area contributed by atoms with Gasteiger partial charge in [0.05, 0.1) is 26.4 Å². The van der Waals surface area contributed by atoms with Crippen molar-refractivity contribution in [2.45, 2.75) is 311 Å². The first-order chi connectivity index (χ1) is 38.3. The Morgan fingerprint density at radius 3 is 0.950 bits per heavy atom. The summed E-state index contributed by atoms with van der Waals surface area (Å²) in [6.45, 7) is 11.6. The van der Waals surface area contributed by atoms with E-state index < -0.39 is 97.5 Å². The minimum Gasteiger partial charge on any atom is -0.462 e. The molecule has 0 aromatic carbocycles. The van der Waals surface area contributed by atoms with Gasteiger partial charge in [-0.05, 0) is 43.4 Å². The van der Waals surface area contributed by atoms with Crippen molar-refractivity contribution in [1.29, 1.82) is 0 Å². The summed E-state index contributed by atoms with van der Waals surface area (Å²) in [5.41, 5.74) is 0. The zero-order chi connectivity index (χ0) is 59.5. The predicted molar refractivity (Wildman–Crippen MR) is 317 cm³/mol. The van der Waals surface area contributed by atoms with E-state index in [2.05, 4.69) is 48.5 Å². The molecule has 17 nitrogen and oxygen atoms in total. The van der Waals surface area contributed by atoms with Crippen LogP contribution in [0.4, 0.5) is 0 Å². The minimum atomic E-state index is -4.94. The van der Waals surface area contributed by atoms with E-state index in [1.165, 1.54) is 89.9 Å². The lowest BCUT2D eigenvalue weighted by atomic mass is 9.99. The Bertz CT molecular complexity index is 1600. The van der Waals surface area contributed by atoms with Crippen molar-refractivity contribution in [1.82, 2.24) is 0 Å². The molecule has 0 saturated carbocycles. The summed E-state index contributed by atoms with van der Waals surface area (Å²) in [4.78, 5) is 72.0. The Hall–Kier alpha value is -1.94. The number of phosphoric acid groups is 2. The van der Waals surface area contributed by atoms with Gasteiger partial charge in [0, 0.05) is 25.7 Å². The fraction of sp³-hybridized carbons (Fsp3) is 0.934. The van der Waals surface area contributed by atoms with Crippen molar-refractivity contribution in [3.63, 3.8) is 0 Å². The van der Waals surface area contributed by atoms with Crippen LogP contribution in [0.3, 0.4) is 0 Å². The molecule has 0 bridgehead atoms. The minimum absolute atomic E-state index is 0.103. The third-order valence-corrected chi connectivity index (χ3v) is 16.1. The standard InChI is InChI=1S/C61H118O17P2/c1-8-10-11-12-13-21-28-35-42-58(63)71-48-57(78-61(66)45-38-31-24-17-19-26-33-40-53(5)6)51-76-80(69,70)74-47-55(62)46-73-79(67,68)75-50-56(49-72-59(64)43-36-29-23-16-18-25-32-39-52(3)4)77-60(65)44-37-30-22-15-14-20-27-34-41-54(7)9-2/h52-57,62H,8-51H2,1-7H3,(H,67,68)(H,69,70)/t54?,55-,56-,57-/m1/s1. The van der Waals surface area contributed by atoms with E-state index in [9.17, 15) is 43.2 Å². The average molecular weight is 1190 g/mol. The Labute approximate surface area is 486 Å². The van der Waals surface area contributed by atoms with Gasteiger partial charge in [-0.2, -0.15) is 0 Å². The molecule has 6 atom stereocenters. The van der Waals surface area contributed by atoms with Crippen molar-refractivity contribution in [3.05, 3.63) is 0 Å². The molecule has 0 rings (SSSR count). The molecular formula is C61H118O17P2. The molecule has 0 aliphatic heterocycles. The number of aliphatic hydroxyl groups excluding tert-OH is 1. The normalized spacial score (nSPS) is 14.8. The summed E-state index contributed by atoms with van der Waals surface area (Å²) in [6, 6.07) is 0. The lowest BCUT2D eigenvalue weighted by Gasteiger charge is -2.21. The van der Waals surface area contributed by atoms with Crippen molar-refractivity contribution >= 4 is 39.5 Å². The fourth-order valence-electron chi connectivity index (χ4n) is 8.92. The van der Waals surface area contributed by atoms with Crippen molar-refractivity contribution in [2.75, 3.05) is 39.6 Å². The van der Waals surface area contributed by atoms with Gasteiger partial charge in [0.25, 0.3) is 0 Å². The van der Waals surface area contributed by atoms with Crippen LogP contribution in [0.2, 0.25) is 0 Å². The van der Waals surface area contributed by atoms with Gasteiger partial charge in [-0.3, -0.25) is 37.3 Å². The average Bonchev–Trinajstić information content (AvgIpc) is 3.41. The second-order valence-electron chi connectivity index (χ2n) is 23.3. The van der Waals surface area contributed by atoms with Crippen LogP contribution in [-0.4, -0.2) is 96.7 Å². The fourth-order valence-corrected chi connectivity index (χ4v) is 10.5. The zero-order valence-corrected chi connectivity index (χ0v) is 53.3. The van der Waals surface area contributed by atoms with Crippen LogP contribution in [-0.2, 0) is 65.4 Å². The SMILES string of the molecule is CCCCCCCCCCC(=O)OC[C@H](COP(=O)(O)OC[C@H](O)COP(=O)(O)OC[C@@H](COC(=O)CCCCCCCCCC(C)C)OC(=O)CCCCCCCCCCC(C)CC)OC(=O)CCCCCCCCCC(C)C. The quantitative estimate of drug-likeness (QED) is 0.0222. The van der Waals surface area contributed by atoms with E-state index in [1.54, 1.807) is 0 Å². The number of hydrogen-bond donors (Lipinski definition) is 3. The lowest BCUT2D eigenvalue weighted by molar-refractivity contribution is -0.161. The van der Waals surface area contributed by atoms with Gasteiger partial charge in [-0.1, -0.05) is 241 Å². The van der Waals surface area contributed by atoms with Gasteiger partial charge >= 0.3 is 39.5 Å². The summed E-state index contributed by atoms with van der Waals surface area (Å²) in [7, 11) is -9.88. The molecule has 0 aliphatic carbocycles. The van der Waals surface area contributed by atoms with Crippen molar-refractivity contribution in [3.8, 4) is 0 Å². The molecule has 3 unspecified atom stereocenters. The van der Waals surface area contributed by atoms with E-state index >= 15 is 0 Å². The first-order valence-corrected chi connectivity index (χ1v) is 34.9. The number of phosphoric ester groups is 2. The number of aliphatic hydroxyl groups is 1. The van der Waals surface area contributed by atoms with Crippen LogP contribution in [0.1, 0.15) is 292 Å². The zero-order valence-electron chi connectivity index (χ0n) is 51.5. The molecule has 80 heavy (non-hydrogen) atoms. The molecular weight excluding hydrogens is 1070 g/mol. The molecule has 0 fully saturated rings. The number of carbonyl (C=O) groups is 4. The Morgan fingerprint density at radius 2 is 0.637 bits per heavy atom. The monoisotopic (exact) mass is 1180 g/mol. The van der Waals surface area contributed by atoms with E-state index in [-0.39, 0.29) is 25.7 Å².